The second-order valence-electron chi connectivity index (χ2n) is 5.76. The van der Waals surface area contributed by atoms with Gasteiger partial charge in [0.15, 0.2) is 0 Å². The van der Waals surface area contributed by atoms with E-state index in [0.717, 1.165) is 0 Å². The summed E-state index contributed by atoms with van der Waals surface area (Å²) in [7, 11) is 0. The highest BCUT2D eigenvalue weighted by atomic mass is 19.1. The summed E-state index contributed by atoms with van der Waals surface area (Å²) in [4.78, 5) is 16.7. The summed E-state index contributed by atoms with van der Waals surface area (Å²) >= 11 is 0. The molecule has 1 amide bonds. The van der Waals surface area contributed by atoms with Gasteiger partial charge in [-0.1, -0.05) is 17.2 Å². The van der Waals surface area contributed by atoms with Crippen molar-refractivity contribution in [1.29, 1.82) is 0 Å². The molecule has 0 bridgehead atoms. The SMILES string of the molecule is [2H]C([2H])(CN=[N+]=[N-])Oc1ccc(F)c(-c2ccc(C(=O)N3CCOCC3)cc2)c1. The fraction of sp³-hybridized carbons (Fsp3) is 0.316. The number of nitrogens with zero attached hydrogens (tertiary/aromatic N) is 4. The van der Waals surface area contributed by atoms with E-state index in [4.69, 9.17) is 17.7 Å². The molecule has 1 fully saturated rings. The number of benzene rings is 2. The summed E-state index contributed by atoms with van der Waals surface area (Å²) in [5, 5.41) is 3.17. The summed E-state index contributed by atoms with van der Waals surface area (Å²) in [6.07, 6.45) is 0. The topological polar surface area (TPSA) is 87.5 Å². The summed E-state index contributed by atoms with van der Waals surface area (Å²) in [5.74, 6) is -0.531. The number of carbonyl (C=O) groups excluding carboxylic acids is 1. The number of halogens is 1. The molecule has 0 aliphatic carbocycles. The predicted molar refractivity (Wildman–Crippen MR) is 98.1 cm³/mol. The Hall–Kier alpha value is -3.09. The Kier molecular flexibility index (Phi) is 5.38. The fourth-order valence-corrected chi connectivity index (χ4v) is 2.71. The van der Waals surface area contributed by atoms with Gasteiger partial charge in [0.05, 0.1) is 29.1 Å². The Morgan fingerprint density at radius 1 is 1.30 bits per heavy atom. The van der Waals surface area contributed by atoms with Crippen molar-refractivity contribution in [3.8, 4) is 16.9 Å². The molecule has 1 aliphatic heterocycles. The number of morpholine rings is 1. The molecular formula is C19H19FN4O3. The molecule has 2 aromatic carbocycles. The predicted octanol–water partition coefficient (Wildman–Crippen LogP) is 3.65. The second-order valence-corrected chi connectivity index (χ2v) is 5.76. The molecule has 27 heavy (non-hydrogen) atoms. The maximum absolute atomic E-state index is 14.3. The van der Waals surface area contributed by atoms with E-state index in [-0.39, 0.29) is 17.2 Å². The van der Waals surface area contributed by atoms with Gasteiger partial charge in [-0.25, -0.2) is 4.39 Å². The van der Waals surface area contributed by atoms with Crippen LogP contribution in [0.25, 0.3) is 21.6 Å². The van der Waals surface area contributed by atoms with Gasteiger partial charge in [-0.3, -0.25) is 4.79 Å². The molecule has 1 aliphatic rings. The van der Waals surface area contributed by atoms with Gasteiger partial charge in [-0.2, -0.15) is 0 Å². The first kappa shape index (κ1) is 16.1. The first-order valence-electron chi connectivity index (χ1n) is 9.36. The van der Waals surface area contributed by atoms with Crippen LogP contribution in [0.15, 0.2) is 47.6 Å². The highest BCUT2D eigenvalue weighted by molar-refractivity contribution is 5.94. The molecule has 0 spiro atoms. The van der Waals surface area contributed by atoms with Crippen LogP contribution in [0, 0.1) is 5.82 Å². The second kappa shape index (κ2) is 9.02. The Balaban J connectivity index is 1.79. The summed E-state index contributed by atoms with van der Waals surface area (Å²) in [6.45, 7) is -0.660. The Morgan fingerprint density at radius 3 is 2.74 bits per heavy atom. The zero-order chi connectivity index (χ0) is 20.9. The van der Waals surface area contributed by atoms with E-state index in [2.05, 4.69) is 10.0 Å². The van der Waals surface area contributed by atoms with Crippen molar-refractivity contribution in [3.05, 3.63) is 64.3 Å². The summed E-state index contributed by atoms with van der Waals surface area (Å²) in [6, 6.07) is 10.3. The van der Waals surface area contributed by atoms with Crippen LogP contribution >= 0.6 is 0 Å². The first-order chi connectivity index (χ1) is 13.9. The van der Waals surface area contributed by atoms with Crippen LogP contribution in [0.4, 0.5) is 4.39 Å². The van der Waals surface area contributed by atoms with Crippen LogP contribution in [0.5, 0.6) is 5.75 Å². The molecule has 0 unspecified atom stereocenters. The van der Waals surface area contributed by atoms with Gasteiger partial charge in [0.2, 0.25) is 0 Å². The van der Waals surface area contributed by atoms with Gasteiger partial charge in [-0.15, -0.1) is 0 Å². The van der Waals surface area contributed by atoms with Crippen LogP contribution in [-0.4, -0.2) is 50.2 Å². The zero-order valence-corrected chi connectivity index (χ0v) is 14.5. The number of azide groups is 1. The number of ether oxygens (including phenoxy) is 2. The summed E-state index contributed by atoms with van der Waals surface area (Å²) < 4.78 is 40.2. The highest BCUT2D eigenvalue weighted by Crippen LogP contribution is 2.27. The lowest BCUT2D eigenvalue weighted by molar-refractivity contribution is 0.0303. The van der Waals surface area contributed by atoms with Crippen LogP contribution in [0.1, 0.15) is 13.1 Å². The van der Waals surface area contributed by atoms with E-state index in [1.165, 1.54) is 18.2 Å². The van der Waals surface area contributed by atoms with Crippen LogP contribution in [0.2, 0.25) is 0 Å². The van der Waals surface area contributed by atoms with Gasteiger partial charge in [-0.05, 0) is 41.4 Å². The van der Waals surface area contributed by atoms with Crippen molar-refractivity contribution in [2.45, 2.75) is 0 Å². The quantitative estimate of drug-likeness (QED) is 0.440. The molecular weight excluding hydrogens is 351 g/mol. The Bertz CT molecular complexity index is 928. The van der Waals surface area contributed by atoms with Crippen LogP contribution < -0.4 is 4.74 Å². The average molecular weight is 372 g/mol. The van der Waals surface area contributed by atoms with Gasteiger partial charge in [0.25, 0.3) is 5.91 Å². The van der Waals surface area contributed by atoms with Gasteiger partial charge in [0, 0.05) is 29.1 Å². The third-order valence-electron chi connectivity index (χ3n) is 4.07. The molecule has 0 atom stereocenters. The molecule has 3 rings (SSSR count). The number of amides is 1. The molecule has 0 N–H and O–H groups in total. The van der Waals surface area contributed by atoms with Gasteiger partial charge < -0.3 is 14.4 Å². The minimum atomic E-state index is -2.23. The van der Waals surface area contributed by atoms with E-state index in [0.29, 0.717) is 37.4 Å². The Labute approximate surface area is 158 Å². The van der Waals surface area contributed by atoms with Crippen molar-refractivity contribution >= 4 is 5.91 Å². The summed E-state index contributed by atoms with van der Waals surface area (Å²) in [5.41, 5.74) is 9.53. The molecule has 0 saturated carbocycles. The van der Waals surface area contributed by atoms with Crippen LogP contribution in [-0.2, 0) is 4.74 Å². The Morgan fingerprint density at radius 2 is 2.04 bits per heavy atom. The van der Waals surface area contributed by atoms with E-state index in [1.807, 2.05) is 0 Å². The lowest BCUT2D eigenvalue weighted by atomic mass is 10.0. The van der Waals surface area contributed by atoms with Crippen molar-refractivity contribution in [1.82, 2.24) is 4.90 Å². The van der Waals surface area contributed by atoms with E-state index in [9.17, 15) is 9.18 Å². The van der Waals surface area contributed by atoms with Crippen molar-refractivity contribution < 1.29 is 21.4 Å². The van der Waals surface area contributed by atoms with Crippen molar-refractivity contribution in [3.63, 3.8) is 0 Å². The van der Waals surface area contributed by atoms with E-state index in [1.54, 1.807) is 29.2 Å². The molecule has 2 aromatic rings. The smallest absolute Gasteiger partial charge is 0.254 e. The minimum absolute atomic E-state index is 0.0907. The lowest BCUT2D eigenvalue weighted by Crippen LogP contribution is -2.40. The molecule has 1 heterocycles. The maximum Gasteiger partial charge on any atom is 0.254 e. The monoisotopic (exact) mass is 372 g/mol. The zero-order valence-electron chi connectivity index (χ0n) is 16.5. The average Bonchev–Trinajstić information content (AvgIpc) is 2.74. The van der Waals surface area contributed by atoms with E-state index >= 15 is 0 Å². The minimum Gasteiger partial charge on any atom is -0.493 e. The normalized spacial score (nSPS) is 15.4. The fourth-order valence-electron chi connectivity index (χ4n) is 2.71. The molecule has 1 saturated heterocycles. The standard InChI is InChI=1S/C19H19FN4O3/c20-18-6-5-16(27-10-7-22-23-21)13-17(18)14-1-3-15(4-2-14)19(25)24-8-11-26-12-9-24/h1-6,13H,7-12H2/i10D2. The highest BCUT2D eigenvalue weighted by Gasteiger charge is 2.18. The first-order valence-corrected chi connectivity index (χ1v) is 8.36. The molecule has 8 heteroatoms. The molecule has 140 valence electrons. The number of hydrogen-bond donors (Lipinski definition) is 0. The van der Waals surface area contributed by atoms with Crippen molar-refractivity contribution in [2.24, 2.45) is 5.11 Å². The number of carbonyl (C=O) groups is 1. The molecule has 0 aromatic heterocycles. The largest absolute Gasteiger partial charge is 0.493 e. The third-order valence-corrected chi connectivity index (χ3v) is 4.07. The molecule has 7 nitrogen and oxygen atoms in total. The number of rotatable bonds is 6. The van der Waals surface area contributed by atoms with Gasteiger partial charge >= 0.3 is 0 Å². The molecule has 0 radical (unpaired) electrons. The maximum atomic E-state index is 14.3. The van der Waals surface area contributed by atoms with E-state index < -0.39 is 18.9 Å². The van der Waals surface area contributed by atoms with Gasteiger partial charge in [0.1, 0.15) is 11.6 Å². The number of hydrogen-bond acceptors (Lipinski definition) is 4. The third kappa shape index (κ3) is 4.75. The van der Waals surface area contributed by atoms with Crippen molar-refractivity contribution in [2.75, 3.05) is 39.4 Å². The van der Waals surface area contributed by atoms with Crippen LogP contribution in [0.3, 0.4) is 0 Å². The lowest BCUT2D eigenvalue weighted by Gasteiger charge is -2.26.